The smallest absolute Gasteiger partial charge is 0.313 e. The number of fused-ring (bicyclic) bond motifs is 4. The first-order chi connectivity index (χ1) is 12.3. The number of aromatic amines is 1. The fourth-order valence-corrected chi connectivity index (χ4v) is 3.58. The molecule has 6 nitrogen and oxygen atoms in total. The molecule has 0 saturated heterocycles. The van der Waals surface area contributed by atoms with Gasteiger partial charge in [-0.3, -0.25) is 4.79 Å². The van der Waals surface area contributed by atoms with Gasteiger partial charge in [-0.25, -0.2) is 4.98 Å². The van der Waals surface area contributed by atoms with Gasteiger partial charge in [-0.05, 0) is 37.3 Å². The van der Waals surface area contributed by atoms with Crippen molar-refractivity contribution in [2.75, 3.05) is 6.61 Å². The quantitative estimate of drug-likeness (QED) is 0.739. The predicted octanol–water partition coefficient (Wildman–Crippen LogP) is 3.39. The molecule has 1 fully saturated rings. The van der Waals surface area contributed by atoms with E-state index in [2.05, 4.69) is 9.97 Å². The Morgan fingerprint density at radius 1 is 1.32 bits per heavy atom. The topological polar surface area (TPSA) is 73.4 Å². The lowest BCUT2D eigenvalue weighted by Crippen LogP contribution is -2.13. The van der Waals surface area contributed by atoms with Gasteiger partial charge in [-0.2, -0.15) is 0 Å². The third-order valence-corrected chi connectivity index (χ3v) is 4.76. The van der Waals surface area contributed by atoms with Crippen molar-refractivity contribution in [1.29, 1.82) is 0 Å². The molecule has 1 aliphatic carbocycles. The molecule has 0 spiro atoms. The van der Waals surface area contributed by atoms with Crippen molar-refractivity contribution >= 4 is 17.0 Å². The lowest BCUT2D eigenvalue weighted by atomic mass is 10.1. The molecule has 0 bridgehead atoms. The van der Waals surface area contributed by atoms with Crippen LogP contribution in [0.3, 0.4) is 0 Å². The first kappa shape index (κ1) is 14.3. The molecule has 3 atom stereocenters. The Morgan fingerprint density at radius 2 is 2.24 bits per heavy atom. The minimum Gasteiger partial charge on any atom is -0.489 e. The Morgan fingerprint density at radius 3 is 3.12 bits per heavy atom. The van der Waals surface area contributed by atoms with E-state index in [1.807, 2.05) is 43.5 Å². The van der Waals surface area contributed by atoms with Crippen LogP contribution in [0, 0.1) is 5.92 Å². The van der Waals surface area contributed by atoms with Crippen LogP contribution in [0.25, 0.3) is 11.0 Å². The first-order valence-corrected chi connectivity index (χ1v) is 8.33. The second-order valence-corrected chi connectivity index (χ2v) is 6.24. The van der Waals surface area contributed by atoms with Crippen LogP contribution in [0.5, 0.6) is 17.2 Å². The molecular formula is C19H16N2O4. The number of hydrogen-bond donors (Lipinski definition) is 1. The van der Waals surface area contributed by atoms with Crippen molar-refractivity contribution in [1.82, 2.24) is 9.97 Å². The maximum absolute atomic E-state index is 12.0. The summed E-state index contributed by atoms with van der Waals surface area (Å²) in [6, 6.07) is 9.50. The molecule has 126 valence electrons. The molecule has 0 radical (unpaired) electrons. The fourth-order valence-electron chi connectivity index (χ4n) is 3.58. The molecule has 1 N–H and O–H groups in total. The van der Waals surface area contributed by atoms with Gasteiger partial charge in [0.15, 0.2) is 0 Å². The number of rotatable bonds is 4. The second kappa shape index (κ2) is 5.24. The zero-order chi connectivity index (χ0) is 17.0. The van der Waals surface area contributed by atoms with Crippen molar-refractivity contribution in [3.8, 4) is 17.2 Å². The Bertz CT molecular complexity index is 980. The molecule has 2 aromatic heterocycles. The molecule has 1 aromatic carbocycles. The number of benzene rings is 1. The number of H-pyrrole nitrogens is 1. The van der Waals surface area contributed by atoms with Gasteiger partial charge in [0.05, 0.1) is 12.0 Å². The van der Waals surface area contributed by atoms with Crippen LogP contribution in [0.1, 0.15) is 18.4 Å². The zero-order valence-electron chi connectivity index (χ0n) is 13.6. The summed E-state index contributed by atoms with van der Waals surface area (Å²) in [5.74, 6) is 1.97. The standard InChI is InChI=1S/C19H16N2O4/c1-2-23-19(22)16-15-12-9-10(3-4-13(12)25-17(15)16)24-14-6-8-21-18-11(14)5-7-20-18/h3-9,15-17H,2H2,1H3,(H,20,21). The minimum absolute atomic E-state index is 0.0716. The van der Waals surface area contributed by atoms with Crippen LogP contribution in [0.15, 0.2) is 42.7 Å². The van der Waals surface area contributed by atoms with E-state index in [0.717, 1.165) is 28.1 Å². The van der Waals surface area contributed by atoms with E-state index in [9.17, 15) is 4.79 Å². The summed E-state index contributed by atoms with van der Waals surface area (Å²) in [7, 11) is 0. The number of carbonyl (C=O) groups excluding carboxylic acids is 1. The summed E-state index contributed by atoms with van der Waals surface area (Å²) in [5, 5.41) is 0.924. The van der Waals surface area contributed by atoms with E-state index in [-0.39, 0.29) is 23.9 Å². The lowest BCUT2D eigenvalue weighted by molar-refractivity contribution is -0.145. The summed E-state index contributed by atoms with van der Waals surface area (Å²) in [4.78, 5) is 19.3. The molecule has 3 heterocycles. The van der Waals surface area contributed by atoms with E-state index in [0.29, 0.717) is 12.4 Å². The number of carbonyl (C=O) groups is 1. The first-order valence-electron chi connectivity index (χ1n) is 8.33. The summed E-state index contributed by atoms with van der Waals surface area (Å²) in [6.07, 6.45) is 3.44. The van der Waals surface area contributed by atoms with E-state index in [1.165, 1.54) is 0 Å². The van der Waals surface area contributed by atoms with Crippen molar-refractivity contribution < 1.29 is 19.0 Å². The Labute approximate surface area is 143 Å². The molecule has 1 aliphatic heterocycles. The Balaban J connectivity index is 1.43. The summed E-state index contributed by atoms with van der Waals surface area (Å²) >= 11 is 0. The third kappa shape index (κ3) is 2.17. The zero-order valence-corrected chi connectivity index (χ0v) is 13.6. The Hall–Kier alpha value is -3.02. The van der Waals surface area contributed by atoms with Gasteiger partial charge in [-0.15, -0.1) is 0 Å². The monoisotopic (exact) mass is 336 g/mol. The van der Waals surface area contributed by atoms with Crippen molar-refractivity contribution in [2.45, 2.75) is 18.9 Å². The second-order valence-electron chi connectivity index (χ2n) is 6.24. The molecule has 2 aliphatic rings. The highest BCUT2D eigenvalue weighted by atomic mass is 16.5. The van der Waals surface area contributed by atoms with Gasteiger partial charge in [0.25, 0.3) is 0 Å². The number of aromatic nitrogens is 2. The third-order valence-electron chi connectivity index (χ3n) is 4.76. The van der Waals surface area contributed by atoms with Crippen molar-refractivity contribution in [3.05, 3.63) is 48.3 Å². The van der Waals surface area contributed by atoms with Gasteiger partial charge in [0, 0.05) is 23.9 Å². The van der Waals surface area contributed by atoms with Gasteiger partial charge in [0.2, 0.25) is 0 Å². The van der Waals surface area contributed by atoms with Crippen LogP contribution in [0.4, 0.5) is 0 Å². The predicted molar refractivity (Wildman–Crippen MR) is 89.9 cm³/mol. The fraction of sp³-hybridized carbons (Fsp3) is 0.263. The molecule has 3 unspecified atom stereocenters. The van der Waals surface area contributed by atoms with Crippen LogP contribution in [0.2, 0.25) is 0 Å². The molecule has 6 heteroatoms. The highest BCUT2D eigenvalue weighted by Gasteiger charge is 2.63. The Kier molecular flexibility index (Phi) is 3.00. The van der Waals surface area contributed by atoms with Gasteiger partial charge < -0.3 is 19.2 Å². The highest BCUT2D eigenvalue weighted by Crippen LogP contribution is 2.59. The van der Waals surface area contributed by atoms with E-state index < -0.39 is 0 Å². The van der Waals surface area contributed by atoms with Crippen LogP contribution in [-0.2, 0) is 9.53 Å². The van der Waals surface area contributed by atoms with Crippen molar-refractivity contribution in [3.63, 3.8) is 0 Å². The maximum atomic E-state index is 12.0. The molecule has 25 heavy (non-hydrogen) atoms. The van der Waals surface area contributed by atoms with Crippen molar-refractivity contribution in [2.24, 2.45) is 5.92 Å². The molecule has 5 rings (SSSR count). The van der Waals surface area contributed by atoms with Gasteiger partial charge >= 0.3 is 5.97 Å². The van der Waals surface area contributed by atoms with Crippen LogP contribution >= 0.6 is 0 Å². The van der Waals surface area contributed by atoms with Crippen LogP contribution in [-0.4, -0.2) is 28.6 Å². The number of esters is 1. The maximum Gasteiger partial charge on any atom is 0.313 e. The molecule has 1 saturated carbocycles. The van der Waals surface area contributed by atoms with Gasteiger partial charge in [-0.1, -0.05) is 0 Å². The number of nitrogens with zero attached hydrogens (tertiary/aromatic N) is 1. The largest absolute Gasteiger partial charge is 0.489 e. The lowest BCUT2D eigenvalue weighted by Gasteiger charge is -2.11. The average molecular weight is 336 g/mol. The van der Waals surface area contributed by atoms with Crippen LogP contribution < -0.4 is 9.47 Å². The summed E-state index contributed by atoms with van der Waals surface area (Å²) < 4.78 is 17.0. The van der Waals surface area contributed by atoms with E-state index in [4.69, 9.17) is 14.2 Å². The van der Waals surface area contributed by atoms with E-state index in [1.54, 1.807) is 6.20 Å². The molecule has 0 amide bonds. The van der Waals surface area contributed by atoms with Gasteiger partial charge in [0.1, 0.15) is 34.9 Å². The number of ether oxygens (including phenoxy) is 3. The summed E-state index contributed by atoms with van der Waals surface area (Å²) in [6.45, 7) is 2.20. The number of nitrogens with one attached hydrogen (secondary N) is 1. The average Bonchev–Trinajstić information content (AvgIpc) is 2.95. The SMILES string of the molecule is CCOC(=O)C1C2Oc3ccc(Oc4ccnc5[nH]ccc45)cc3C21. The summed E-state index contributed by atoms with van der Waals surface area (Å²) in [5.41, 5.74) is 1.80. The number of pyridine rings is 1. The number of hydrogen-bond acceptors (Lipinski definition) is 5. The minimum atomic E-state index is -0.194. The highest BCUT2D eigenvalue weighted by molar-refractivity contribution is 5.83. The normalized spacial score (nSPS) is 22.8. The molecule has 3 aromatic rings. The molecular weight excluding hydrogens is 320 g/mol. The van der Waals surface area contributed by atoms with E-state index >= 15 is 0 Å².